The fraction of sp³-hybridized carbons (Fsp3) is 0.500. The summed E-state index contributed by atoms with van der Waals surface area (Å²) in [5, 5.41) is 9.88. The van der Waals surface area contributed by atoms with Gasteiger partial charge in [-0.2, -0.15) is 0 Å². The van der Waals surface area contributed by atoms with Crippen molar-refractivity contribution < 1.29 is 42.7 Å². The second-order valence-corrected chi connectivity index (χ2v) is 16.5. The van der Waals surface area contributed by atoms with Gasteiger partial charge in [0.15, 0.2) is 34.2 Å². The van der Waals surface area contributed by atoms with Gasteiger partial charge in [0.25, 0.3) is 5.91 Å². The Labute approximate surface area is 351 Å². The molecule has 320 valence electrons. The molecule has 12 heteroatoms. The lowest BCUT2D eigenvalue weighted by Gasteiger charge is -2.49. The quantitative estimate of drug-likeness (QED) is 0.127. The number of carbonyl (C=O) groups is 1. The molecule has 0 bridgehead atoms. The first-order chi connectivity index (χ1) is 29.3. The molecule has 4 aliphatic heterocycles. The maximum Gasteiger partial charge on any atom is 0.289 e. The summed E-state index contributed by atoms with van der Waals surface area (Å²) in [6, 6.07) is 15.5. The summed E-state index contributed by atoms with van der Waals surface area (Å²) in [4.78, 5) is 33.7. The molecule has 6 atom stereocenters. The summed E-state index contributed by atoms with van der Waals surface area (Å²) in [6.45, 7) is 5.10. The third-order valence-electron chi connectivity index (χ3n) is 13.3. The van der Waals surface area contributed by atoms with E-state index in [-0.39, 0.29) is 41.7 Å². The Bertz CT molecular complexity index is 2270. The zero-order valence-corrected chi connectivity index (χ0v) is 35.4. The van der Waals surface area contributed by atoms with Crippen LogP contribution in [0.4, 0.5) is 0 Å². The Balaban J connectivity index is 1.16. The number of amides is 1. The zero-order chi connectivity index (χ0) is 41.9. The summed E-state index contributed by atoms with van der Waals surface area (Å²) >= 11 is 0. The number of ether oxygens (including phenoxy) is 6. The van der Waals surface area contributed by atoms with Crippen LogP contribution in [-0.4, -0.2) is 88.4 Å². The molecule has 0 radical (unpaired) electrons. The van der Waals surface area contributed by atoms with Gasteiger partial charge in [-0.25, -0.2) is 0 Å². The Kier molecular flexibility index (Phi) is 12.7. The van der Waals surface area contributed by atoms with Crippen LogP contribution in [0.15, 0.2) is 75.8 Å². The van der Waals surface area contributed by atoms with E-state index >= 15 is 4.79 Å². The van der Waals surface area contributed by atoms with E-state index in [0.717, 1.165) is 61.4 Å². The van der Waals surface area contributed by atoms with Gasteiger partial charge in [0.05, 0.1) is 52.7 Å². The van der Waals surface area contributed by atoms with Crippen molar-refractivity contribution in [3.05, 3.63) is 105 Å². The highest BCUT2D eigenvalue weighted by Gasteiger charge is 2.43. The number of carbonyl (C=O) groups excluding carboxylic acids is 1. The van der Waals surface area contributed by atoms with Crippen LogP contribution in [0.5, 0.6) is 23.0 Å². The summed E-state index contributed by atoms with van der Waals surface area (Å²) in [6.07, 6.45) is 8.33. The molecule has 0 spiro atoms. The van der Waals surface area contributed by atoms with E-state index in [9.17, 15) is 9.90 Å². The van der Waals surface area contributed by atoms with E-state index in [0.29, 0.717) is 72.8 Å². The average Bonchev–Trinajstić information content (AvgIpc) is 3.29. The van der Waals surface area contributed by atoms with Crippen LogP contribution in [-0.2, 0) is 27.1 Å². The first-order valence-corrected chi connectivity index (χ1v) is 21.4. The van der Waals surface area contributed by atoms with Crippen LogP contribution in [0.2, 0.25) is 0 Å². The van der Waals surface area contributed by atoms with E-state index in [1.54, 1.807) is 46.6 Å². The molecule has 1 N–H and O–H groups in total. The molecule has 4 aliphatic rings. The van der Waals surface area contributed by atoms with Crippen molar-refractivity contribution in [2.75, 3.05) is 61.3 Å². The second kappa shape index (κ2) is 18.3. The highest BCUT2D eigenvalue weighted by atomic mass is 16.7. The van der Waals surface area contributed by atoms with Crippen molar-refractivity contribution in [3.63, 3.8) is 0 Å². The Morgan fingerprint density at radius 2 is 1.52 bits per heavy atom. The number of piperidine rings is 1. The van der Waals surface area contributed by atoms with Crippen molar-refractivity contribution in [3.8, 4) is 23.0 Å². The van der Waals surface area contributed by atoms with Crippen LogP contribution in [0.1, 0.15) is 91.3 Å². The number of allylic oxidation sites excluding steroid dienone is 1. The van der Waals surface area contributed by atoms with Crippen molar-refractivity contribution in [1.29, 1.82) is 0 Å². The van der Waals surface area contributed by atoms with Crippen LogP contribution in [0, 0.1) is 11.8 Å². The van der Waals surface area contributed by atoms with Gasteiger partial charge >= 0.3 is 0 Å². The third kappa shape index (κ3) is 8.09. The molecule has 3 aromatic carbocycles. The first kappa shape index (κ1) is 41.7. The lowest BCUT2D eigenvalue weighted by molar-refractivity contribution is -0.155. The Morgan fingerprint density at radius 1 is 0.833 bits per heavy atom. The predicted octanol–water partition coefficient (Wildman–Crippen LogP) is 7.49. The number of nitrogens with zero attached hydrogens (tertiary/aromatic N) is 2. The van der Waals surface area contributed by atoms with Crippen molar-refractivity contribution >= 4 is 16.9 Å². The lowest BCUT2D eigenvalue weighted by atomic mass is 9.72. The molecule has 1 saturated heterocycles. The largest absolute Gasteiger partial charge is 0.493 e. The number of rotatable bonds is 14. The van der Waals surface area contributed by atoms with Crippen molar-refractivity contribution in [2.45, 2.75) is 82.6 Å². The normalized spacial score (nSPS) is 23.8. The minimum absolute atomic E-state index is 0.0574. The van der Waals surface area contributed by atoms with Gasteiger partial charge in [-0.3, -0.25) is 14.5 Å². The number of hydrogen-bond donors (Lipinski definition) is 1. The maximum absolute atomic E-state index is 15.2. The lowest BCUT2D eigenvalue weighted by Crippen LogP contribution is -2.48. The fourth-order valence-corrected chi connectivity index (χ4v) is 10.1. The molecule has 1 fully saturated rings. The molecule has 0 saturated carbocycles. The molecule has 0 aliphatic carbocycles. The zero-order valence-electron chi connectivity index (χ0n) is 35.4. The molecular weight excluding hydrogens is 765 g/mol. The molecule has 60 heavy (non-hydrogen) atoms. The number of benzene rings is 3. The van der Waals surface area contributed by atoms with Gasteiger partial charge in [0.2, 0.25) is 6.29 Å². The second-order valence-electron chi connectivity index (χ2n) is 16.5. The van der Waals surface area contributed by atoms with Gasteiger partial charge < -0.3 is 42.8 Å². The van der Waals surface area contributed by atoms with Crippen LogP contribution >= 0.6 is 0 Å². The van der Waals surface area contributed by atoms with Gasteiger partial charge in [-0.05, 0) is 115 Å². The maximum atomic E-state index is 15.2. The number of unbranched alkanes of at least 4 members (excludes halogenated alkanes) is 1. The van der Waals surface area contributed by atoms with Gasteiger partial charge in [0, 0.05) is 50.2 Å². The minimum atomic E-state index is -0.779. The fourth-order valence-electron chi connectivity index (χ4n) is 10.1. The smallest absolute Gasteiger partial charge is 0.289 e. The van der Waals surface area contributed by atoms with E-state index in [1.165, 1.54) is 17.4 Å². The topological polar surface area (TPSA) is 129 Å². The van der Waals surface area contributed by atoms with Gasteiger partial charge in [-0.1, -0.05) is 25.5 Å². The molecule has 1 aromatic heterocycles. The molecule has 8 rings (SSSR count). The number of hydrogen-bond acceptors (Lipinski definition) is 11. The molecule has 1 amide bonds. The Hall–Kier alpha value is -5.04. The van der Waals surface area contributed by atoms with Crippen LogP contribution in [0.3, 0.4) is 0 Å². The number of para-hydroxylation sites is 1. The molecular formula is C48H58N2O10. The highest BCUT2D eigenvalue weighted by molar-refractivity contribution is 5.92. The average molecular weight is 823 g/mol. The number of methoxy groups -OCH3 is 4. The van der Waals surface area contributed by atoms with Crippen molar-refractivity contribution in [2.24, 2.45) is 11.8 Å². The molecule has 5 heterocycles. The first-order valence-electron chi connectivity index (χ1n) is 21.4. The molecule has 6 unspecified atom stereocenters. The minimum Gasteiger partial charge on any atom is -0.493 e. The monoisotopic (exact) mass is 822 g/mol. The van der Waals surface area contributed by atoms with Crippen LogP contribution < -0.4 is 24.4 Å². The van der Waals surface area contributed by atoms with Crippen LogP contribution in [0.25, 0.3) is 11.0 Å². The number of aliphatic hydroxyl groups is 1. The SMILES string of the molecule is CCC1CN2CCc3cc(OC)c(OC)cc3C2CC1CC1c2cc(OC)c(OC)cc2CCN1C(=O)C1=CC(c2coc3ccccc3c2=O)CC(OCCCCO)O1. The van der Waals surface area contributed by atoms with E-state index in [4.69, 9.17) is 32.8 Å². The Morgan fingerprint density at radius 3 is 2.23 bits per heavy atom. The number of fused-ring (bicyclic) bond motifs is 5. The molecule has 12 nitrogen and oxygen atoms in total. The summed E-state index contributed by atoms with van der Waals surface area (Å²) in [5.74, 6) is 2.90. The van der Waals surface area contributed by atoms with E-state index < -0.39 is 12.2 Å². The highest BCUT2D eigenvalue weighted by Crippen LogP contribution is 2.50. The summed E-state index contributed by atoms with van der Waals surface area (Å²) in [5.41, 5.74) is 5.56. The predicted molar refractivity (Wildman–Crippen MR) is 227 cm³/mol. The summed E-state index contributed by atoms with van der Waals surface area (Å²) in [7, 11) is 6.66. The number of aliphatic hydroxyl groups excluding tert-OH is 1. The third-order valence-corrected chi connectivity index (χ3v) is 13.3. The van der Waals surface area contributed by atoms with E-state index in [1.807, 2.05) is 23.1 Å². The standard InChI is InChI=1S/C48H58N2O10/c1-6-29-27-49-15-13-30-21-41(54-2)43(56-4)25-35(30)38(49)19-32(29)20-39-36-26-44(57-5)42(55-3)22-31(36)14-16-50(39)48(53)45-23-33(24-46(60-45)58-18-10-9-17-51)37-28-59-40-12-8-7-11-34(40)47(37)52/h7-8,11-12,21-23,25-26,28-29,32-33,38-39,46,51H,6,9-10,13-20,24,27H2,1-5H3. The van der Waals surface area contributed by atoms with E-state index in [2.05, 4.69) is 30.0 Å². The summed E-state index contributed by atoms with van der Waals surface area (Å²) < 4.78 is 41.7. The van der Waals surface area contributed by atoms with Crippen molar-refractivity contribution in [1.82, 2.24) is 9.80 Å². The van der Waals surface area contributed by atoms with Gasteiger partial charge in [-0.15, -0.1) is 0 Å². The molecule has 4 aromatic rings. The van der Waals surface area contributed by atoms with Gasteiger partial charge in [0.1, 0.15) is 5.58 Å².